The predicted octanol–water partition coefficient (Wildman–Crippen LogP) is 1.45. The van der Waals surface area contributed by atoms with E-state index in [0.29, 0.717) is 0 Å². The van der Waals surface area contributed by atoms with Crippen LogP contribution in [0.2, 0.25) is 0 Å². The Balaban J connectivity index is 0. The largest absolute Gasteiger partial charge is 0.399 e. The molecular weight excluding hydrogens is 194 g/mol. The molecule has 1 N–H and O–H groups in total. The van der Waals surface area contributed by atoms with Crippen molar-refractivity contribution in [3.8, 4) is 0 Å². The lowest BCUT2D eigenvalue weighted by atomic mass is 10.5. The van der Waals surface area contributed by atoms with E-state index >= 15 is 0 Å². The quantitative estimate of drug-likeness (QED) is 0.497. The van der Waals surface area contributed by atoms with Gasteiger partial charge >= 0.3 is 10.0 Å². The van der Waals surface area contributed by atoms with Crippen molar-refractivity contribution in [2.75, 3.05) is 26.3 Å². The van der Waals surface area contributed by atoms with Crippen molar-refractivity contribution < 1.29 is 8.85 Å². The molecule has 0 aliphatic heterocycles. The summed E-state index contributed by atoms with van der Waals surface area (Å²) in [6.45, 7) is 12.3. The molecule has 0 radical (unpaired) electrons. The first-order valence-electron chi connectivity index (χ1n) is 5.69. The van der Waals surface area contributed by atoms with E-state index in [1.807, 2.05) is 0 Å². The van der Waals surface area contributed by atoms with Gasteiger partial charge in [0, 0.05) is 13.2 Å². The molecule has 14 heavy (non-hydrogen) atoms. The van der Waals surface area contributed by atoms with Crippen LogP contribution in [0.25, 0.3) is 0 Å². The van der Waals surface area contributed by atoms with Crippen LogP contribution in [0.4, 0.5) is 0 Å². The minimum atomic E-state index is -0.611. The fraction of sp³-hybridized carbons (Fsp3) is 1.00. The zero-order valence-corrected chi connectivity index (χ0v) is 11.7. The molecule has 0 aromatic carbocycles. The molecule has 0 unspecified atom stereocenters. The summed E-state index contributed by atoms with van der Waals surface area (Å²) in [7, 11) is -0.611. The minimum absolute atomic E-state index is 0.611. The van der Waals surface area contributed by atoms with Gasteiger partial charge in [0.2, 0.25) is 0 Å². The number of nitrogens with one attached hydrogen (secondary N) is 1. The highest BCUT2D eigenvalue weighted by Crippen LogP contribution is 1.81. The van der Waals surface area contributed by atoms with Crippen molar-refractivity contribution in [2.24, 2.45) is 0 Å². The Kier molecular flexibility index (Phi) is 22.2. The molecule has 0 aliphatic rings. The van der Waals surface area contributed by atoms with Crippen molar-refractivity contribution in [1.82, 2.24) is 5.32 Å². The number of hydrogen-bond donors (Lipinski definition) is 1. The van der Waals surface area contributed by atoms with Gasteiger partial charge < -0.3 is 14.2 Å². The third-order valence-corrected chi connectivity index (χ3v) is 2.27. The fourth-order valence-corrected chi connectivity index (χ4v) is 1.65. The standard InChI is InChI=1S/C6H16O2Si.C4H11N/c1-3-5-7-9-8-6-4-2;1-3-5-4-2/h3-6,9H2,1-2H3;5H,3-4H2,1-2H3. The summed E-state index contributed by atoms with van der Waals surface area (Å²) in [6, 6.07) is 0. The van der Waals surface area contributed by atoms with Gasteiger partial charge in [-0.1, -0.05) is 27.7 Å². The first-order chi connectivity index (χ1) is 6.83. The molecule has 0 heterocycles. The van der Waals surface area contributed by atoms with E-state index in [9.17, 15) is 0 Å². The fourth-order valence-electron chi connectivity index (χ4n) is 0.715. The summed E-state index contributed by atoms with van der Waals surface area (Å²) in [6.07, 6.45) is 2.20. The van der Waals surface area contributed by atoms with Gasteiger partial charge in [-0.15, -0.1) is 0 Å². The number of hydrogen-bond acceptors (Lipinski definition) is 3. The average Bonchev–Trinajstić information content (AvgIpc) is 2.20. The second-order valence-electron chi connectivity index (χ2n) is 2.89. The van der Waals surface area contributed by atoms with Gasteiger partial charge in [-0.3, -0.25) is 0 Å². The van der Waals surface area contributed by atoms with Crippen LogP contribution in [0.15, 0.2) is 0 Å². The summed E-state index contributed by atoms with van der Waals surface area (Å²) >= 11 is 0. The molecule has 0 spiro atoms. The second-order valence-corrected chi connectivity index (χ2v) is 3.94. The topological polar surface area (TPSA) is 30.5 Å². The second kappa shape index (κ2) is 18.8. The van der Waals surface area contributed by atoms with E-state index in [-0.39, 0.29) is 0 Å². The highest BCUT2D eigenvalue weighted by atomic mass is 28.3. The van der Waals surface area contributed by atoms with E-state index in [4.69, 9.17) is 8.85 Å². The Bertz CT molecular complexity index is 76.5. The Morgan fingerprint density at radius 2 is 1.29 bits per heavy atom. The maximum absolute atomic E-state index is 5.20. The molecule has 0 aliphatic carbocycles. The lowest BCUT2D eigenvalue weighted by Gasteiger charge is -2.00. The summed E-state index contributed by atoms with van der Waals surface area (Å²) in [4.78, 5) is 0. The van der Waals surface area contributed by atoms with E-state index in [1.54, 1.807) is 0 Å². The lowest BCUT2D eigenvalue weighted by Crippen LogP contribution is -2.09. The zero-order chi connectivity index (χ0) is 11.1. The molecule has 0 amide bonds. The normalized spacial score (nSPS) is 9.43. The smallest absolute Gasteiger partial charge is 0.304 e. The van der Waals surface area contributed by atoms with Crippen LogP contribution in [0.1, 0.15) is 40.5 Å². The first kappa shape index (κ1) is 16.5. The molecule has 0 atom stereocenters. The maximum Gasteiger partial charge on any atom is 0.304 e. The molecule has 88 valence electrons. The molecule has 0 aromatic heterocycles. The van der Waals surface area contributed by atoms with Crippen molar-refractivity contribution in [1.29, 1.82) is 0 Å². The van der Waals surface area contributed by atoms with Crippen LogP contribution in [0, 0.1) is 0 Å². The molecule has 0 bridgehead atoms. The van der Waals surface area contributed by atoms with Gasteiger partial charge in [0.1, 0.15) is 0 Å². The van der Waals surface area contributed by atoms with Crippen molar-refractivity contribution in [3.63, 3.8) is 0 Å². The highest BCUT2D eigenvalue weighted by molar-refractivity contribution is 6.17. The van der Waals surface area contributed by atoms with Crippen LogP contribution >= 0.6 is 0 Å². The maximum atomic E-state index is 5.20. The van der Waals surface area contributed by atoms with Gasteiger partial charge in [0.05, 0.1) is 0 Å². The average molecular weight is 221 g/mol. The SMILES string of the molecule is CCCO[SiH2]OCCC.CCNCC. The van der Waals surface area contributed by atoms with E-state index in [0.717, 1.165) is 39.1 Å². The summed E-state index contributed by atoms with van der Waals surface area (Å²) in [5.41, 5.74) is 0. The van der Waals surface area contributed by atoms with Crippen LogP contribution in [-0.2, 0) is 8.85 Å². The Morgan fingerprint density at radius 1 is 0.857 bits per heavy atom. The molecule has 3 nitrogen and oxygen atoms in total. The minimum Gasteiger partial charge on any atom is -0.399 e. The van der Waals surface area contributed by atoms with Gasteiger partial charge in [-0.25, -0.2) is 0 Å². The van der Waals surface area contributed by atoms with Crippen molar-refractivity contribution in [3.05, 3.63) is 0 Å². The third-order valence-electron chi connectivity index (χ3n) is 1.36. The molecule has 0 aromatic rings. The Morgan fingerprint density at radius 3 is 1.50 bits per heavy atom. The zero-order valence-electron chi connectivity index (χ0n) is 10.3. The molecule has 0 saturated heterocycles. The van der Waals surface area contributed by atoms with Crippen molar-refractivity contribution in [2.45, 2.75) is 40.5 Å². The van der Waals surface area contributed by atoms with E-state index in [2.05, 4.69) is 33.0 Å². The van der Waals surface area contributed by atoms with Crippen LogP contribution in [-0.4, -0.2) is 36.3 Å². The Hall–Kier alpha value is 0.0969. The molecule has 0 rings (SSSR count). The monoisotopic (exact) mass is 221 g/mol. The van der Waals surface area contributed by atoms with Crippen LogP contribution < -0.4 is 5.32 Å². The van der Waals surface area contributed by atoms with Crippen LogP contribution in [0.5, 0.6) is 0 Å². The summed E-state index contributed by atoms with van der Waals surface area (Å²) < 4.78 is 10.4. The molecular formula is C10H27NO2Si. The molecule has 4 heteroatoms. The summed E-state index contributed by atoms with van der Waals surface area (Å²) in [5.74, 6) is 0. The molecule has 0 saturated carbocycles. The van der Waals surface area contributed by atoms with E-state index in [1.165, 1.54) is 0 Å². The number of rotatable bonds is 8. The van der Waals surface area contributed by atoms with Gasteiger partial charge in [-0.2, -0.15) is 0 Å². The Labute approximate surface area is 91.6 Å². The van der Waals surface area contributed by atoms with Crippen molar-refractivity contribution >= 4 is 10.0 Å². The third kappa shape index (κ3) is 22.7. The highest BCUT2D eigenvalue weighted by Gasteiger charge is 1.85. The van der Waals surface area contributed by atoms with Gasteiger partial charge in [0.15, 0.2) is 0 Å². The van der Waals surface area contributed by atoms with Gasteiger partial charge in [-0.05, 0) is 25.9 Å². The first-order valence-corrected chi connectivity index (χ1v) is 6.84. The summed E-state index contributed by atoms with van der Waals surface area (Å²) in [5, 5.41) is 3.11. The predicted molar refractivity (Wildman–Crippen MR) is 65.2 cm³/mol. The lowest BCUT2D eigenvalue weighted by molar-refractivity contribution is 0.222. The van der Waals surface area contributed by atoms with E-state index < -0.39 is 10.0 Å². The van der Waals surface area contributed by atoms with Crippen LogP contribution in [0.3, 0.4) is 0 Å². The molecule has 0 fully saturated rings. The van der Waals surface area contributed by atoms with Gasteiger partial charge in [0.25, 0.3) is 0 Å².